The molecule has 0 aliphatic carbocycles. The third kappa shape index (κ3) is 14.7. The Labute approximate surface area is 230 Å². The fourth-order valence-electron chi connectivity index (χ4n) is 4.75. The maximum Gasteiger partial charge on any atom is 0.404 e. The zero-order valence-electron chi connectivity index (χ0n) is 24.3. The van der Waals surface area contributed by atoms with Crippen molar-refractivity contribution in [2.45, 2.75) is 130 Å². The molecule has 0 radical (unpaired) electrons. The number of hydrogen-bond acceptors (Lipinski definition) is 6. The average molecular weight is 536 g/mol. The number of aliphatic hydroxyl groups excluding tert-OH is 2. The van der Waals surface area contributed by atoms with Crippen LogP contribution < -0.4 is 5.73 Å². The molecule has 0 aromatic carbocycles. The molecule has 0 fully saturated rings. The van der Waals surface area contributed by atoms with Crippen LogP contribution in [0.3, 0.4) is 0 Å². The number of unbranched alkanes of at least 4 members (excludes halogenated alkanes) is 3. The van der Waals surface area contributed by atoms with Gasteiger partial charge in [0.2, 0.25) is 0 Å². The van der Waals surface area contributed by atoms with E-state index in [1.165, 1.54) is 19.3 Å². The molecule has 38 heavy (non-hydrogen) atoms. The van der Waals surface area contributed by atoms with E-state index in [2.05, 4.69) is 32.1 Å². The van der Waals surface area contributed by atoms with Crippen molar-refractivity contribution < 1.29 is 29.3 Å². The largest absolute Gasteiger partial charge is 0.458 e. The summed E-state index contributed by atoms with van der Waals surface area (Å²) in [5, 5.41) is 21.4. The molecule has 7 heteroatoms. The number of esters is 1. The number of amides is 1. The van der Waals surface area contributed by atoms with Crippen molar-refractivity contribution >= 4 is 12.1 Å². The third-order valence-electron chi connectivity index (χ3n) is 7.27. The van der Waals surface area contributed by atoms with Gasteiger partial charge in [-0.2, -0.15) is 0 Å². The lowest BCUT2D eigenvalue weighted by Crippen LogP contribution is -2.34. The second-order valence-corrected chi connectivity index (χ2v) is 11.2. The fraction of sp³-hybridized carbons (Fsp3) is 0.742. The van der Waals surface area contributed by atoms with Gasteiger partial charge in [0.15, 0.2) is 0 Å². The van der Waals surface area contributed by atoms with Crippen molar-refractivity contribution in [3.05, 3.63) is 36.0 Å². The van der Waals surface area contributed by atoms with Gasteiger partial charge in [0.05, 0.1) is 18.1 Å². The summed E-state index contributed by atoms with van der Waals surface area (Å²) in [5.41, 5.74) is 6.28. The van der Waals surface area contributed by atoms with Crippen LogP contribution >= 0.6 is 0 Å². The Balaban J connectivity index is 3.02. The van der Waals surface area contributed by atoms with E-state index in [-0.39, 0.29) is 17.9 Å². The van der Waals surface area contributed by atoms with E-state index >= 15 is 0 Å². The van der Waals surface area contributed by atoms with E-state index in [1.807, 2.05) is 26.0 Å². The van der Waals surface area contributed by atoms with Crippen LogP contribution in [0.1, 0.15) is 105 Å². The monoisotopic (exact) mass is 535 g/mol. The molecule has 7 atom stereocenters. The molecule has 0 unspecified atom stereocenters. The van der Waals surface area contributed by atoms with Crippen molar-refractivity contribution in [2.75, 3.05) is 0 Å². The fourth-order valence-corrected chi connectivity index (χ4v) is 4.75. The van der Waals surface area contributed by atoms with Gasteiger partial charge in [0.1, 0.15) is 12.2 Å². The molecule has 1 aliphatic heterocycles. The summed E-state index contributed by atoms with van der Waals surface area (Å²) in [7, 11) is 0. The minimum atomic E-state index is -0.907. The Morgan fingerprint density at radius 3 is 2.50 bits per heavy atom. The van der Waals surface area contributed by atoms with E-state index in [0.717, 1.165) is 18.4 Å². The molecule has 0 saturated heterocycles. The lowest BCUT2D eigenvalue weighted by atomic mass is 9.90. The number of ether oxygens (including phenoxy) is 2. The molecule has 1 aliphatic rings. The first kappa shape index (κ1) is 33.9. The second kappa shape index (κ2) is 19.0. The lowest BCUT2D eigenvalue weighted by Gasteiger charge is -2.26. The summed E-state index contributed by atoms with van der Waals surface area (Å²) < 4.78 is 11.1. The minimum absolute atomic E-state index is 0.0426. The molecule has 4 N–H and O–H groups in total. The van der Waals surface area contributed by atoms with E-state index in [9.17, 15) is 19.8 Å². The topological polar surface area (TPSA) is 119 Å². The average Bonchev–Trinajstić information content (AvgIpc) is 2.84. The molecule has 1 amide bonds. The third-order valence-corrected chi connectivity index (χ3v) is 7.27. The van der Waals surface area contributed by atoms with Gasteiger partial charge >= 0.3 is 12.1 Å². The van der Waals surface area contributed by atoms with Crippen molar-refractivity contribution in [3.8, 4) is 0 Å². The number of nitrogens with two attached hydrogens (primary N) is 1. The van der Waals surface area contributed by atoms with Crippen molar-refractivity contribution in [1.29, 1.82) is 0 Å². The van der Waals surface area contributed by atoms with E-state index in [4.69, 9.17) is 15.2 Å². The van der Waals surface area contributed by atoms with Crippen molar-refractivity contribution in [3.63, 3.8) is 0 Å². The smallest absolute Gasteiger partial charge is 0.404 e. The Morgan fingerprint density at radius 2 is 1.82 bits per heavy atom. The lowest BCUT2D eigenvalue weighted by molar-refractivity contribution is -0.156. The number of hydrogen-bond donors (Lipinski definition) is 3. The highest BCUT2D eigenvalue weighted by atomic mass is 16.6. The number of carbonyl (C=O) groups is 2. The number of rotatable bonds is 7. The number of cyclic esters (lactones) is 1. The highest BCUT2D eigenvalue weighted by molar-refractivity contribution is 5.73. The molecule has 0 spiro atoms. The molecule has 218 valence electrons. The van der Waals surface area contributed by atoms with E-state index in [1.54, 1.807) is 6.92 Å². The Bertz CT molecular complexity index is 776. The SMILES string of the molecule is CCCCC/C=C/C(C)=C/[C@@H]1C[C@H](C)C/C=C/CC[C@H](O)[C@@H](OC(N)=O)CC[C@H](C)C[C@@H](O)[C@@H](C)C(=O)O1. The van der Waals surface area contributed by atoms with E-state index in [0.29, 0.717) is 38.5 Å². The second-order valence-electron chi connectivity index (χ2n) is 11.2. The standard InChI is InChI=1S/C31H53NO6/c1-6-7-8-9-11-14-22(2)19-26-20-23(3)15-12-10-13-16-27(33)29(38-31(32)36)18-17-24(4)21-28(34)25(5)30(35)37-26/h10-12,14,19,23-29,33-34H,6-9,13,15-18,20-21H2,1-5H3,(H2,32,36)/b12-10+,14-11+,22-19+/t23-,24+,25-,26-,27+,28-,29+/m1/s1. The zero-order valence-corrected chi connectivity index (χ0v) is 24.3. The molecule has 0 saturated carbocycles. The van der Waals surface area contributed by atoms with Crippen LogP contribution in [-0.2, 0) is 14.3 Å². The van der Waals surface area contributed by atoms with Crippen LogP contribution in [0.15, 0.2) is 36.0 Å². The maximum absolute atomic E-state index is 13.0. The summed E-state index contributed by atoms with van der Waals surface area (Å²) in [5.74, 6) is -0.770. The molecule has 1 heterocycles. The van der Waals surface area contributed by atoms with Crippen LogP contribution in [0.25, 0.3) is 0 Å². The van der Waals surface area contributed by atoms with Crippen LogP contribution in [0, 0.1) is 17.8 Å². The van der Waals surface area contributed by atoms with Gasteiger partial charge < -0.3 is 25.4 Å². The predicted molar refractivity (Wildman–Crippen MR) is 152 cm³/mol. The van der Waals surface area contributed by atoms with Crippen molar-refractivity contribution in [1.82, 2.24) is 0 Å². The van der Waals surface area contributed by atoms with Gasteiger partial charge in [0.25, 0.3) is 0 Å². The predicted octanol–water partition coefficient (Wildman–Crippen LogP) is 6.38. The summed E-state index contributed by atoms with van der Waals surface area (Å²) in [4.78, 5) is 24.4. The molecule has 0 bridgehead atoms. The van der Waals surface area contributed by atoms with Crippen LogP contribution in [0.5, 0.6) is 0 Å². The normalized spacial score (nSPS) is 32.2. The van der Waals surface area contributed by atoms with Gasteiger partial charge in [-0.3, -0.25) is 4.79 Å². The van der Waals surface area contributed by atoms with Gasteiger partial charge in [-0.25, -0.2) is 4.79 Å². The highest BCUT2D eigenvalue weighted by Crippen LogP contribution is 2.24. The maximum atomic E-state index is 13.0. The molecular weight excluding hydrogens is 482 g/mol. The van der Waals surface area contributed by atoms with Gasteiger partial charge in [-0.15, -0.1) is 0 Å². The zero-order chi connectivity index (χ0) is 28.5. The van der Waals surface area contributed by atoms with Gasteiger partial charge in [0, 0.05) is 0 Å². The van der Waals surface area contributed by atoms with Crippen LogP contribution in [-0.4, -0.2) is 46.7 Å². The summed E-state index contributed by atoms with van der Waals surface area (Å²) in [6.45, 7) is 10.0. The van der Waals surface area contributed by atoms with Crippen molar-refractivity contribution in [2.24, 2.45) is 23.5 Å². The summed E-state index contributed by atoms with van der Waals surface area (Å²) >= 11 is 0. The number of carbonyl (C=O) groups excluding carboxylic acids is 2. The Morgan fingerprint density at radius 1 is 1.08 bits per heavy atom. The first-order valence-electron chi connectivity index (χ1n) is 14.6. The van der Waals surface area contributed by atoms with Crippen LogP contribution in [0.4, 0.5) is 4.79 Å². The Hall–Kier alpha value is -2.12. The number of allylic oxidation sites excluding steroid dienone is 5. The van der Waals surface area contributed by atoms with Crippen LogP contribution in [0.2, 0.25) is 0 Å². The molecule has 1 rings (SSSR count). The first-order valence-corrected chi connectivity index (χ1v) is 14.6. The van der Waals surface area contributed by atoms with Gasteiger partial charge in [-0.1, -0.05) is 63.5 Å². The summed E-state index contributed by atoms with van der Waals surface area (Å²) in [6.07, 6.45) is 15.4. The van der Waals surface area contributed by atoms with E-state index < -0.39 is 36.3 Å². The number of aliphatic hydroxyl groups is 2. The molecule has 0 aromatic heterocycles. The number of primary amides is 1. The quantitative estimate of drug-likeness (QED) is 0.151. The summed E-state index contributed by atoms with van der Waals surface area (Å²) in [6, 6.07) is 0. The molecule has 7 nitrogen and oxygen atoms in total. The molecule has 0 aromatic rings. The molecular formula is C31H53NO6. The first-order chi connectivity index (χ1) is 18.0. The van der Waals surface area contributed by atoms with Gasteiger partial charge in [-0.05, 0) is 89.5 Å². The minimum Gasteiger partial charge on any atom is -0.458 e. The highest BCUT2D eigenvalue weighted by Gasteiger charge is 2.29. The Kier molecular flexibility index (Phi) is 17.0.